The highest BCUT2D eigenvalue weighted by molar-refractivity contribution is 5.87. The summed E-state index contributed by atoms with van der Waals surface area (Å²) in [5.74, 6) is 0.0734. The normalized spacial score (nSPS) is 21.5. The van der Waals surface area contributed by atoms with Crippen molar-refractivity contribution in [2.75, 3.05) is 0 Å². The molecule has 94 valence electrons. The summed E-state index contributed by atoms with van der Waals surface area (Å²) in [5, 5.41) is 10.4. The van der Waals surface area contributed by atoms with E-state index in [4.69, 9.17) is 0 Å². The number of ketones is 1. The molecule has 16 heavy (non-hydrogen) atoms. The lowest BCUT2D eigenvalue weighted by Crippen LogP contribution is -2.38. The Labute approximate surface area is 99.4 Å². The van der Waals surface area contributed by atoms with Gasteiger partial charge in [-0.1, -0.05) is 46.5 Å². The summed E-state index contributed by atoms with van der Waals surface area (Å²) in [5.41, 5.74) is -0.821. The second-order valence-corrected chi connectivity index (χ2v) is 6.43. The number of carbonyl (C=O) groups excluding carboxylic acids is 1. The van der Waals surface area contributed by atoms with Crippen LogP contribution >= 0.6 is 0 Å². The summed E-state index contributed by atoms with van der Waals surface area (Å²) >= 11 is 0. The fraction of sp³-hybridized carbons (Fsp3) is 0.929. The fourth-order valence-electron chi connectivity index (χ4n) is 2.31. The van der Waals surface area contributed by atoms with Crippen LogP contribution in [0.4, 0.5) is 0 Å². The Hall–Kier alpha value is -0.370. The highest BCUT2D eigenvalue weighted by atomic mass is 16.3. The maximum absolute atomic E-state index is 12.1. The lowest BCUT2D eigenvalue weighted by molar-refractivity contribution is -0.139. The lowest BCUT2D eigenvalue weighted by Gasteiger charge is -2.26. The van der Waals surface area contributed by atoms with Crippen LogP contribution in [-0.2, 0) is 4.79 Å². The first-order chi connectivity index (χ1) is 7.33. The molecule has 0 radical (unpaired) electrons. The van der Waals surface area contributed by atoms with Crippen molar-refractivity contribution in [3.63, 3.8) is 0 Å². The molecule has 1 rings (SSSR count). The van der Waals surface area contributed by atoms with Gasteiger partial charge in [0.15, 0.2) is 5.78 Å². The van der Waals surface area contributed by atoms with Gasteiger partial charge in [0.2, 0.25) is 0 Å². The SMILES string of the molecule is CC(C)(C)CCC(=O)C1(O)CCCCCC1. The van der Waals surface area contributed by atoms with Crippen molar-refractivity contribution >= 4 is 5.78 Å². The van der Waals surface area contributed by atoms with Crippen molar-refractivity contribution < 1.29 is 9.90 Å². The Balaban J connectivity index is 2.50. The van der Waals surface area contributed by atoms with Crippen molar-refractivity contribution in [2.24, 2.45) is 5.41 Å². The number of Topliss-reactive ketones (excluding diaryl/α,β-unsaturated/α-hetero) is 1. The van der Waals surface area contributed by atoms with Gasteiger partial charge in [-0.2, -0.15) is 0 Å². The van der Waals surface area contributed by atoms with E-state index in [1.807, 2.05) is 0 Å². The van der Waals surface area contributed by atoms with E-state index in [9.17, 15) is 9.90 Å². The summed E-state index contributed by atoms with van der Waals surface area (Å²) in [7, 11) is 0. The van der Waals surface area contributed by atoms with E-state index < -0.39 is 5.60 Å². The second kappa shape index (κ2) is 5.31. The van der Waals surface area contributed by atoms with E-state index in [0.29, 0.717) is 19.3 Å². The number of hydrogen-bond acceptors (Lipinski definition) is 2. The molecular weight excluding hydrogens is 200 g/mol. The van der Waals surface area contributed by atoms with Crippen molar-refractivity contribution in [1.29, 1.82) is 0 Å². The van der Waals surface area contributed by atoms with Crippen LogP contribution in [0.15, 0.2) is 0 Å². The predicted octanol–water partition coefficient (Wildman–Crippen LogP) is 3.47. The molecular formula is C14H26O2. The molecule has 1 aliphatic rings. The molecule has 0 bridgehead atoms. The summed E-state index contributed by atoms with van der Waals surface area (Å²) in [4.78, 5) is 12.1. The van der Waals surface area contributed by atoms with Crippen molar-refractivity contribution in [1.82, 2.24) is 0 Å². The summed E-state index contributed by atoms with van der Waals surface area (Å²) < 4.78 is 0. The molecule has 1 N–H and O–H groups in total. The molecule has 0 aromatic heterocycles. The van der Waals surface area contributed by atoms with Crippen LogP contribution in [0.1, 0.15) is 72.1 Å². The number of hydrogen-bond donors (Lipinski definition) is 1. The summed E-state index contributed by atoms with van der Waals surface area (Å²) in [6, 6.07) is 0. The molecule has 0 amide bonds. The molecule has 1 saturated carbocycles. The zero-order valence-corrected chi connectivity index (χ0v) is 11.0. The lowest BCUT2D eigenvalue weighted by atomic mass is 9.83. The molecule has 1 aliphatic carbocycles. The van der Waals surface area contributed by atoms with Gasteiger partial charge in [0.25, 0.3) is 0 Å². The fourth-order valence-corrected chi connectivity index (χ4v) is 2.31. The predicted molar refractivity (Wildman–Crippen MR) is 66.3 cm³/mol. The van der Waals surface area contributed by atoms with E-state index in [1.54, 1.807) is 0 Å². The van der Waals surface area contributed by atoms with E-state index in [1.165, 1.54) is 0 Å². The van der Waals surface area contributed by atoms with Gasteiger partial charge < -0.3 is 5.11 Å². The minimum Gasteiger partial charge on any atom is -0.382 e. The molecule has 0 spiro atoms. The highest BCUT2D eigenvalue weighted by Crippen LogP contribution is 2.31. The van der Waals surface area contributed by atoms with Gasteiger partial charge in [-0.05, 0) is 24.7 Å². The largest absolute Gasteiger partial charge is 0.382 e. The van der Waals surface area contributed by atoms with E-state index in [0.717, 1.165) is 32.1 Å². The van der Waals surface area contributed by atoms with Gasteiger partial charge in [0.05, 0.1) is 0 Å². The zero-order chi connectivity index (χ0) is 12.2. The van der Waals surface area contributed by atoms with Gasteiger partial charge in [-0.25, -0.2) is 0 Å². The van der Waals surface area contributed by atoms with Crippen molar-refractivity contribution in [3.05, 3.63) is 0 Å². The van der Waals surface area contributed by atoms with E-state index >= 15 is 0 Å². The molecule has 0 atom stereocenters. The second-order valence-electron chi connectivity index (χ2n) is 6.43. The van der Waals surface area contributed by atoms with Crippen LogP contribution in [0.3, 0.4) is 0 Å². The Morgan fingerprint density at radius 3 is 2.06 bits per heavy atom. The molecule has 0 aliphatic heterocycles. The van der Waals surface area contributed by atoms with Gasteiger partial charge >= 0.3 is 0 Å². The molecule has 0 heterocycles. The first kappa shape index (κ1) is 13.7. The minimum absolute atomic E-state index is 0.0734. The topological polar surface area (TPSA) is 37.3 Å². The zero-order valence-electron chi connectivity index (χ0n) is 11.0. The van der Waals surface area contributed by atoms with Gasteiger partial charge in [0.1, 0.15) is 5.60 Å². The average Bonchev–Trinajstić information content (AvgIpc) is 2.39. The Morgan fingerprint density at radius 1 is 1.12 bits per heavy atom. The molecule has 2 heteroatoms. The van der Waals surface area contributed by atoms with Gasteiger partial charge in [0, 0.05) is 6.42 Å². The first-order valence-corrected chi connectivity index (χ1v) is 6.59. The summed E-state index contributed by atoms with van der Waals surface area (Å²) in [6.07, 6.45) is 7.07. The van der Waals surface area contributed by atoms with E-state index in [-0.39, 0.29) is 11.2 Å². The third-order valence-corrected chi connectivity index (χ3v) is 3.55. The Kier molecular flexibility index (Phi) is 4.54. The minimum atomic E-state index is -0.998. The van der Waals surface area contributed by atoms with Gasteiger partial charge in [-0.15, -0.1) is 0 Å². The average molecular weight is 226 g/mol. The van der Waals surface area contributed by atoms with Crippen LogP contribution in [0.25, 0.3) is 0 Å². The molecule has 2 nitrogen and oxygen atoms in total. The van der Waals surface area contributed by atoms with Crippen LogP contribution in [0.5, 0.6) is 0 Å². The number of carbonyl (C=O) groups is 1. The maximum atomic E-state index is 12.1. The highest BCUT2D eigenvalue weighted by Gasteiger charge is 2.35. The molecule has 0 aromatic rings. The van der Waals surface area contributed by atoms with Crippen molar-refractivity contribution in [2.45, 2.75) is 77.7 Å². The van der Waals surface area contributed by atoms with Crippen molar-refractivity contribution in [3.8, 4) is 0 Å². The number of rotatable bonds is 3. The van der Waals surface area contributed by atoms with E-state index in [2.05, 4.69) is 20.8 Å². The number of aliphatic hydroxyl groups is 1. The molecule has 0 unspecified atom stereocenters. The maximum Gasteiger partial charge on any atom is 0.164 e. The quantitative estimate of drug-likeness (QED) is 0.748. The Bertz CT molecular complexity index is 230. The monoisotopic (exact) mass is 226 g/mol. The third kappa shape index (κ3) is 4.25. The molecule has 1 fully saturated rings. The molecule has 0 aromatic carbocycles. The van der Waals surface area contributed by atoms with Crippen LogP contribution < -0.4 is 0 Å². The first-order valence-electron chi connectivity index (χ1n) is 6.59. The molecule has 0 saturated heterocycles. The smallest absolute Gasteiger partial charge is 0.164 e. The summed E-state index contributed by atoms with van der Waals surface area (Å²) in [6.45, 7) is 6.41. The van der Waals surface area contributed by atoms with Crippen LogP contribution in [0, 0.1) is 5.41 Å². The third-order valence-electron chi connectivity index (χ3n) is 3.55. The Morgan fingerprint density at radius 2 is 1.62 bits per heavy atom. The van der Waals surface area contributed by atoms with Crippen LogP contribution in [-0.4, -0.2) is 16.5 Å². The van der Waals surface area contributed by atoms with Gasteiger partial charge in [-0.3, -0.25) is 4.79 Å². The standard InChI is InChI=1S/C14H26O2/c1-13(2,3)11-8-12(15)14(16)9-6-4-5-7-10-14/h16H,4-11H2,1-3H3. The van der Waals surface area contributed by atoms with Crippen LogP contribution in [0.2, 0.25) is 0 Å².